The molecule has 0 aliphatic heterocycles. The number of benzene rings is 1. The van der Waals surface area contributed by atoms with Crippen molar-refractivity contribution in [1.82, 2.24) is 10.3 Å². The monoisotopic (exact) mass is 282 g/mol. The minimum absolute atomic E-state index is 0.454. The summed E-state index contributed by atoms with van der Waals surface area (Å²) in [4.78, 5) is 4.33. The van der Waals surface area contributed by atoms with Crippen molar-refractivity contribution in [1.29, 1.82) is 0 Å². The molecule has 2 aromatic rings. The average Bonchev–Trinajstić information content (AvgIpc) is 2.56. The van der Waals surface area contributed by atoms with Crippen molar-refractivity contribution < 1.29 is 0 Å². The van der Waals surface area contributed by atoms with Crippen molar-refractivity contribution >= 4 is 10.8 Å². The van der Waals surface area contributed by atoms with Gasteiger partial charge >= 0.3 is 0 Å². The molecular weight excluding hydrogens is 256 g/mol. The molecule has 1 fully saturated rings. The first-order valence-corrected chi connectivity index (χ1v) is 8.33. The van der Waals surface area contributed by atoms with E-state index in [0.29, 0.717) is 6.04 Å². The van der Waals surface area contributed by atoms with Gasteiger partial charge in [-0.15, -0.1) is 0 Å². The Morgan fingerprint density at radius 1 is 1.19 bits per heavy atom. The van der Waals surface area contributed by atoms with E-state index in [1.54, 1.807) is 0 Å². The lowest BCUT2D eigenvalue weighted by atomic mass is 9.75. The molecule has 0 amide bonds. The van der Waals surface area contributed by atoms with Gasteiger partial charge in [-0.2, -0.15) is 0 Å². The summed E-state index contributed by atoms with van der Waals surface area (Å²) in [6.07, 6.45) is 10.7. The van der Waals surface area contributed by atoms with E-state index in [4.69, 9.17) is 0 Å². The van der Waals surface area contributed by atoms with Crippen LogP contribution in [0.3, 0.4) is 0 Å². The zero-order chi connectivity index (χ0) is 14.7. The van der Waals surface area contributed by atoms with Crippen molar-refractivity contribution in [3.8, 4) is 0 Å². The van der Waals surface area contributed by atoms with Crippen LogP contribution in [0.4, 0.5) is 0 Å². The molecule has 0 bridgehead atoms. The number of hydrogen-bond acceptors (Lipinski definition) is 2. The highest BCUT2D eigenvalue weighted by atomic mass is 14.9. The second-order valence-electron chi connectivity index (χ2n) is 6.40. The smallest absolute Gasteiger partial charge is 0.0352 e. The highest BCUT2D eigenvalue weighted by Gasteiger charge is 2.27. The fourth-order valence-corrected chi connectivity index (χ4v) is 3.98. The number of hydrogen-bond donors (Lipinski definition) is 1. The standard InChI is InChI=1S/C19H26N2/c1-3-14-7-9-16(10-8-14)19(20-2)17-6-4-5-15-11-12-21-13-18(15)17/h4-6,11-14,16,19-20H,3,7-10H2,1-2H3. The van der Waals surface area contributed by atoms with Crippen LogP contribution in [-0.2, 0) is 0 Å². The summed E-state index contributed by atoms with van der Waals surface area (Å²) in [5, 5.41) is 6.18. The quantitative estimate of drug-likeness (QED) is 0.878. The van der Waals surface area contributed by atoms with Crippen LogP contribution >= 0.6 is 0 Å². The third-order valence-corrected chi connectivity index (χ3v) is 5.30. The number of aromatic nitrogens is 1. The summed E-state index contributed by atoms with van der Waals surface area (Å²) < 4.78 is 0. The van der Waals surface area contributed by atoms with Gasteiger partial charge in [-0.3, -0.25) is 4.98 Å². The summed E-state index contributed by atoms with van der Waals surface area (Å²) in [5.41, 5.74) is 1.42. The van der Waals surface area contributed by atoms with Crippen molar-refractivity contribution in [2.24, 2.45) is 11.8 Å². The molecule has 21 heavy (non-hydrogen) atoms. The molecule has 0 spiro atoms. The van der Waals surface area contributed by atoms with Gasteiger partial charge in [0.1, 0.15) is 0 Å². The van der Waals surface area contributed by atoms with Crippen molar-refractivity contribution in [2.75, 3.05) is 7.05 Å². The van der Waals surface area contributed by atoms with Gasteiger partial charge in [0.05, 0.1) is 0 Å². The van der Waals surface area contributed by atoms with Crippen LogP contribution in [0.15, 0.2) is 36.7 Å². The van der Waals surface area contributed by atoms with Crippen LogP contribution in [0.25, 0.3) is 10.8 Å². The zero-order valence-corrected chi connectivity index (χ0v) is 13.2. The molecule has 1 aliphatic carbocycles. The number of nitrogens with one attached hydrogen (secondary N) is 1. The fourth-order valence-electron chi connectivity index (χ4n) is 3.98. The highest BCUT2D eigenvalue weighted by Crippen LogP contribution is 2.39. The Morgan fingerprint density at radius 3 is 2.71 bits per heavy atom. The van der Waals surface area contributed by atoms with E-state index in [-0.39, 0.29) is 0 Å². The number of pyridine rings is 1. The van der Waals surface area contributed by atoms with E-state index >= 15 is 0 Å². The minimum Gasteiger partial charge on any atom is -0.313 e. The maximum absolute atomic E-state index is 4.33. The number of rotatable bonds is 4. The third kappa shape index (κ3) is 2.96. The average molecular weight is 282 g/mol. The lowest BCUT2D eigenvalue weighted by Crippen LogP contribution is -2.28. The maximum Gasteiger partial charge on any atom is 0.0352 e. The lowest BCUT2D eigenvalue weighted by Gasteiger charge is -2.34. The molecule has 1 saturated carbocycles. The summed E-state index contributed by atoms with van der Waals surface area (Å²) in [5.74, 6) is 1.71. The molecule has 1 heterocycles. The minimum atomic E-state index is 0.454. The molecule has 112 valence electrons. The summed E-state index contributed by atoms with van der Waals surface area (Å²) in [6, 6.07) is 9.20. The van der Waals surface area contributed by atoms with E-state index in [9.17, 15) is 0 Å². The molecule has 1 unspecified atom stereocenters. The Labute approximate surface area is 128 Å². The predicted octanol–water partition coefficient (Wildman–Crippen LogP) is 4.71. The van der Waals surface area contributed by atoms with E-state index in [1.807, 2.05) is 12.4 Å². The second-order valence-corrected chi connectivity index (χ2v) is 6.40. The van der Waals surface area contributed by atoms with Gasteiger partial charge in [-0.05, 0) is 48.7 Å². The van der Waals surface area contributed by atoms with Crippen molar-refractivity contribution in [2.45, 2.75) is 45.1 Å². The Balaban J connectivity index is 1.88. The van der Waals surface area contributed by atoms with E-state index in [1.165, 1.54) is 48.4 Å². The molecule has 0 radical (unpaired) electrons. The van der Waals surface area contributed by atoms with Gasteiger partial charge in [-0.1, -0.05) is 44.4 Å². The van der Waals surface area contributed by atoms with Crippen LogP contribution in [0.2, 0.25) is 0 Å². The lowest BCUT2D eigenvalue weighted by molar-refractivity contribution is 0.225. The molecule has 1 aliphatic rings. The second kappa shape index (κ2) is 6.57. The van der Waals surface area contributed by atoms with Crippen molar-refractivity contribution in [3.05, 3.63) is 42.2 Å². The van der Waals surface area contributed by atoms with Crippen LogP contribution in [-0.4, -0.2) is 12.0 Å². The fraction of sp³-hybridized carbons (Fsp3) is 0.526. The van der Waals surface area contributed by atoms with Gasteiger partial charge in [-0.25, -0.2) is 0 Å². The SMILES string of the molecule is CCC1CCC(C(NC)c2cccc3ccncc23)CC1. The normalized spacial score (nSPS) is 24.1. The summed E-state index contributed by atoms with van der Waals surface area (Å²) >= 11 is 0. The van der Waals surface area contributed by atoms with E-state index in [0.717, 1.165) is 11.8 Å². The van der Waals surface area contributed by atoms with Crippen LogP contribution in [0.5, 0.6) is 0 Å². The Morgan fingerprint density at radius 2 is 2.00 bits per heavy atom. The largest absolute Gasteiger partial charge is 0.313 e. The molecular formula is C19H26N2. The number of fused-ring (bicyclic) bond motifs is 1. The van der Waals surface area contributed by atoms with E-state index in [2.05, 4.69) is 48.5 Å². The highest BCUT2D eigenvalue weighted by molar-refractivity contribution is 5.85. The zero-order valence-electron chi connectivity index (χ0n) is 13.2. The molecule has 1 N–H and O–H groups in total. The summed E-state index contributed by atoms with van der Waals surface area (Å²) in [6.45, 7) is 2.33. The number of nitrogens with zero attached hydrogens (tertiary/aromatic N) is 1. The summed E-state index contributed by atoms with van der Waals surface area (Å²) in [7, 11) is 2.10. The van der Waals surface area contributed by atoms with Gasteiger partial charge in [0.25, 0.3) is 0 Å². The van der Waals surface area contributed by atoms with Crippen LogP contribution < -0.4 is 5.32 Å². The van der Waals surface area contributed by atoms with Gasteiger partial charge in [0.15, 0.2) is 0 Å². The third-order valence-electron chi connectivity index (χ3n) is 5.30. The first-order chi connectivity index (χ1) is 10.3. The first-order valence-electron chi connectivity index (χ1n) is 8.33. The van der Waals surface area contributed by atoms with Crippen LogP contribution in [0.1, 0.15) is 50.6 Å². The molecule has 1 aromatic heterocycles. The molecule has 2 heteroatoms. The van der Waals surface area contributed by atoms with Gasteiger partial charge < -0.3 is 5.32 Å². The predicted molar refractivity (Wildman–Crippen MR) is 89.3 cm³/mol. The Hall–Kier alpha value is -1.41. The molecule has 2 nitrogen and oxygen atoms in total. The van der Waals surface area contributed by atoms with E-state index < -0.39 is 0 Å². The Kier molecular flexibility index (Phi) is 4.54. The van der Waals surface area contributed by atoms with Crippen LogP contribution in [0, 0.1) is 11.8 Å². The van der Waals surface area contributed by atoms with Gasteiger partial charge in [0.2, 0.25) is 0 Å². The van der Waals surface area contributed by atoms with Crippen molar-refractivity contribution in [3.63, 3.8) is 0 Å². The topological polar surface area (TPSA) is 24.9 Å². The maximum atomic E-state index is 4.33. The first kappa shape index (κ1) is 14.5. The molecule has 1 atom stereocenters. The van der Waals surface area contributed by atoms with Gasteiger partial charge in [0, 0.05) is 23.8 Å². The molecule has 1 aromatic carbocycles. The Bertz CT molecular complexity index is 580. The molecule has 3 rings (SSSR count). The molecule has 0 saturated heterocycles.